The van der Waals surface area contributed by atoms with Crippen LogP contribution in [0.15, 0.2) is 4.90 Å². The molecule has 0 aliphatic heterocycles. The van der Waals surface area contributed by atoms with E-state index in [-0.39, 0.29) is 24.6 Å². The fraction of sp³-hybridized carbons (Fsp3) is 0.222. The van der Waals surface area contributed by atoms with Crippen LogP contribution >= 0.6 is 11.8 Å². The van der Waals surface area contributed by atoms with Crippen LogP contribution in [-0.4, -0.2) is 12.9 Å². The van der Waals surface area contributed by atoms with E-state index in [0.29, 0.717) is 0 Å². The van der Waals surface area contributed by atoms with Gasteiger partial charge in [-0.25, -0.2) is 26.3 Å². The normalized spacial score (nSPS) is 10.9. The summed E-state index contributed by atoms with van der Waals surface area (Å²) in [7, 11) is 0. The summed E-state index contributed by atoms with van der Waals surface area (Å²) < 4.78 is 118. The van der Waals surface area contributed by atoms with Gasteiger partial charge in [-0.05, 0) is 12.7 Å². The smallest absolute Gasteiger partial charge is 0.204 e. The van der Waals surface area contributed by atoms with Crippen molar-refractivity contribution < 1.29 is 39.9 Å². The van der Waals surface area contributed by atoms with E-state index in [2.05, 4.69) is 10.7 Å². The summed E-state index contributed by atoms with van der Waals surface area (Å²) in [6.45, 7) is -0.412. The van der Waals surface area contributed by atoms with Crippen LogP contribution in [0.1, 0.15) is 12.8 Å². The summed E-state index contributed by atoms with van der Waals surface area (Å²) in [6, 6.07) is 0. The first-order chi connectivity index (χ1) is 13.2. The Morgan fingerprint density at radius 3 is 1.57 bits per heavy atom. The molecule has 28 heavy (non-hydrogen) atoms. The molecule has 0 aromatic heterocycles. The van der Waals surface area contributed by atoms with Crippen LogP contribution in [0.4, 0.5) is 35.1 Å². The van der Waals surface area contributed by atoms with E-state index in [9.17, 15) is 35.1 Å². The molecular formula is C18H10F8OS. The molecule has 10 heteroatoms. The third kappa shape index (κ3) is 3.63. The van der Waals surface area contributed by atoms with Crippen molar-refractivity contribution in [3.63, 3.8) is 0 Å². The molecule has 0 radical (unpaired) electrons. The molecule has 0 N–H and O–H groups in total. The molecule has 0 spiro atoms. The zero-order valence-electron chi connectivity index (χ0n) is 14.0. The Balaban J connectivity index is 2.71. The van der Waals surface area contributed by atoms with E-state index in [4.69, 9.17) is 6.42 Å². The monoisotopic (exact) mass is 426 g/mol. The van der Waals surface area contributed by atoms with Gasteiger partial charge in [-0.1, -0.05) is 0 Å². The number of terminal acetylenes is 1. The van der Waals surface area contributed by atoms with E-state index in [1.165, 1.54) is 0 Å². The number of hydrogen-bond acceptors (Lipinski definition) is 2. The first-order valence-corrected chi connectivity index (χ1v) is 8.73. The van der Waals surface area contributed by atoms with Crippen molar-refractivity contribution in [3.8, 4) is 29.2 Å². The highest BCUT2D eigenvalue weighted by atomic mass is 32.2. The molecular weight excluding hydrogens is 416 g/mol. The Morgan fingerprint density at radius 2 is 1.18 bits per heavy atom. The van der Waals surface area contributed by atoms with Crippen molar-refractivity contribution in [2.24, 2.45) is 0 Å². The summed E-state index contributed by atoms with van der Waals surface area (Å²) in [5.74, 6) is -16.4. The first kappa shape index (κ1) is 21.9. The molecule has 0 unspecified atom stereocenters. The largest absolute Gasteiger partial charge is 0.487 e. The molecule has 0 atom stereocenters. The Morgan fingerprint density at radius 1 is 0.750 bits per heavy atom. The minimum atomic E-state index is -2.28. The Labute approximate surface area is 158 Å². The first-order valence-electron chi connectivity index (χ1n) is 7.51. The summed E-state index contributed by atoms with van der Waals surface area (Å²) in [5, 5.41) is 0. The van der Waals surface area contributed by atoms with Crippen molar-refractivity contribution >= 4 is 11.8 Å². The van der Waals surface area contributed by atoms with Crippen molar-refractivity contribution in [1.29, 1.82) is 0 Å². The van der Waals surface area contributed by atoms with Crippen LogP contribution in [-0.2, 0) is 0 Å². The van der Waals surface area contributed by atoms with Gasteiger partial charge in [0.25, 0.3) is 0 Å². The number of hydrogen-bond donors (Lipinski definition) is 0. The molecule has 150 valence electrons. The molecule has 2 aromatic carbocycles. The van der Waals surface area contributed by atoms with E-state index >= 15 is 0 Å². The highest BCUT2D eigenvalue weighted by Gasteiger charge is 2.34. The topological polar surface area (TPSA) is 9.23 Å². The lowest BCUT2D eigenvalue weighted by Gasteiger charge is -2.15. The predicted molar refractivity (Wildman–Crippen MR) is 86.9 cm³/mol. The third-order valence-electron chi connectivity index (χ3n) is 3.61. The maximum absolute atomic E-state index is 14.3. The van der Waals surface area contributed by atoms with E-state index in [1.54, 1.807) is 0 Å². The number of ether oxygens (including phenoxy) is 1. The fourth-order valence-electron chi connectivity index (χ4n) is 2.32. The molecule has 0 saturated carbocycles. The molecule has 0 amide bonds. The lowest BCUT2D eigenvalue weighted by Crippen LogP contribution is -2.10. The van der Waals surface area contributed by atoms with Gasteiger partial charge in [-0.15, -0.1) is 24.1 Å². The Bertz CT molecular complexity index is 910. The van der Waals surface area contributed by atoms with Gasteiger partial charge in [0.05, 0.1) is 22.6 Å². The molecule has 0 bridgehead atoms. The second-order valence-electron chi connectivity index (χ2n) is 5.28. The lowest BCUT2D eigenvalue weighted by molar-refractivity contribution is 0.269. The van der Waals surface area contributed by atoms with E-state index in [1.807, 2.05) is 0 Å². The maximum Gasteiger partial charge on any atom is 0.204 e. The Kier molecular flexibility index (Phi) is 6.82. The van der Waals surface area contributed by atoms with Gasteiger partial charge < -0.3 is 4.74 Å². The summed E-state index contributed by atoms with van der Waals surface area (Å²) in [6.07, 6.45) is 6.29. The average Bonchev–Trinajstić information content (AvgIpc) is 2.67. The van der Waals surface area contributed by atoms with Crippen LogP contribution in [0.3, 0.4) is 0 Å². The van der Waals surface area contributed by atoms with Crippen LogP contribution in [0.25, 0.3) is 11.1 Å². The summed E-state index contributed by atoms with van der Waals surface area (Å²) in [5.41, 5.74) is -3.86. The number of unbranched alkanes of at least 4 members (excludes halogenated alkanes) is 1. The molecule has 0 aliphatic carbocycles. The second kappa shape index (κ2) is 8.73. The van der Waals surface area contributed by atoms with Crippen LogP contribution < -0.4 is 4.74 Å². The fourth-order valence-corrected chi connectivity index (χ4v) is 2.85. The van der Waals surface area contributed by atoms with Crippen molar-refractivity contribution in [2.75, 3.05) is 12.9 Å². The minimum absolute atomic E-state index is 0.0934. The minimum Gasteiger partial charge on any atom is -0.487 e. The van der Waals surface area contributed by atoms with Gasteiger partial charge >= 0.3 is 0 Å². The van der Waals surface area contributed by atoms with Crippen molar-refractivity contribution in [1.82, 2.24) is 0 Å². The highest BCUT2D eigenvalue weighted by Crippen LogP contribution is 2.41. The number of thioether (sulfide) groups is 1. The Hall–Kier alpha value is -2.41. The molecule has 2 aromatic rings. The third-order valence-corrected chi connectivity index (χ3v) is 4.38. The molecule has 0 saturated heterocycles. The molecule has 0 aliphatic rings. The molecule has 2 rings (SSSR count). The second-order valence-corrected chi connectivity index (χ2v) is 6.10. The van der Waals surface area contributed by atoms with Crippen LogP contribution in [0.5, 0.6) is 5.75 Å². The van der Waals surface area contributed by atoms with E-state index < -0.39 is 74.9 Å². The predicted octanol–water partition coefficient (Wildman–Crippen LogP) is 5.98. The van der Waals surface area contributed by atoms with Gasteiger partial charge in [0.2, 0.25) is 11.6 Å². The quantitative estimate of drug-likeness (QED) is 0.185. The standard InChI is InChI=1S/C18H10F8OS/c1-3-4-5-6-27-17-13(23)9(19)7(10(20)14(17)24)8-11(21)15(25)18(28-2)16(26)12(8)22/h1H,4-6H2,2H3. The zero-order chi connectivity index (χ0) is 21.2. The molecule has 1 nitrogen and oxygen atoms in total. The SMILES string of the molecule is C#CCCCOc1c(F)c(F)c(-c2c(F)c(F)c(SC)c(F)c2F)c(F)c1F. The van der Waals surface area contributed by atoms with Gasteiger partial charge in [-0.3, -0.25) is 0 Å². The van der Waals surface area contributed by atoms with Gasteiger partial charge in [0, 0.05) is 6.42 Å². The maximum atomic E-state index is 14.3. The molecule has 0 fully saturated rings. The lowest BCUT2D eigenvalue weighted by atomic mass is 10.0. The van der Waals surface area contributed by atoms with E-state index in [0.717, 1.165) is 6.26 Å². The summed E-state index contributed by atoms with van der Waals surface area (Å²) >= 11 is 0.285. The van der Waals surface area contributed by atoms with Gasteiger partial charge in [-0.2, -0.15) is 8.78 Å². The van der Waals surface area contributed by atoms with Crippen molar-refractivity contribution in [2.45, 2.75) is 17.7 Å². The van der Waals surface area contributed by atoms with Crippen molar-refractivity contribution in [3.05, 3.63) is 46.5 Å². The molecule has 0 heterocycles. The van der Waals surface area contributed by atoms with Crippen LogP contribution in [0.2, 0.25) is 0 Å². The number of rotatable bonds is 6. The van der Waals surface area contributed by atoms with Gasteiger partial charge in [0.15, 0.2) is 40.7 Å². The average molecular weight is 426 g/mol. The highest BCUT2D eigenvalue weighted by molar-refractivity contribution is 7.98. The van der Waals surface area contributed by atoms with Crippen LogP contribution in [0, 0.1) is 58.9 Å². The van der Waals surface area contributed by atoms with Gasteiger partial charge in [0.1, 0.15) is 0 Å². The number of halogens is 8. The summed E-state index contributed by atoms with van der Waals surface area (Å²) in [4.78, 5) is -1.10. The number of benzene rings is 2. The zero-order valence-corrected chi connectivity index (χ0v) is 14.9.